The minimum atomic E-state index is -0.694. The zero-order valence-electron chi connectivity index (χ0n) is 12.9. The van der Waals surface area contributed by atoms with Gasteiger partial charge in [-0.3, -0.25) is 4.99 Å². The minimum absolute atomic E-state index is 0.0927. The molecule has 0 aliphatic rings. The van der Waals surface area contributed by atoms with Crippen molar-refractivity contribution in [1.82, 2.24) is 0 Å². The highest BCUT2D eigenvalue weighted by atomic mass is 35.5. The third kappa shape index (κ3) is 4.60. The fourth-order valence-corrected chi connectivity index (χ4v) is 2.32. The van der Waals surface area contributed by atoms with E-state index in [1.807, 2.05) is 0 Å². The molecular weight excluding hydrogens is 349 g/mol. The summed E-state index contributed by atoms with van der Waals surface area (Å²) in [7, 11) is 0. The van der Waals surface area contributed by atoms with Gasteiger partial charge in [0.2, 0.25) is 0 Å². The van der Waals surface area contributed by atoms with Crippen molar-refractivity contribution in [2.75, 3.05) is 6.61 Å². The predicted octanol–water partition coefficient (Wildman–Crippen LogP) is 5.23. The third-order valence-electron chi connectivity index (χ3n) is 3.03. The molecular formula is C18H15Cl2NO3. The monoisotopic (exact) mass is 363 g/mol. The van der Waals surface area contributed by atoms with Gasteiger partial charge in [-0.25, -0.2) is 4.79 Å². The fraction of sp³-hybridized carbons (Fsp3) is 0.111. The Bertz CT molecular complexity index is 800. The van der Waals surface area contributed by atoms with E-state index in [4.69, 9.17) is 27.9 Å². The number of hydrogen-bond donors (Lipinski definition) is 1. The van der Waals surface area contributed by atoms with Crippen molar-refractivity contribution in [1.29, 1.82) is 0 Å². The molecule has 4 nitrogen and oxygen atoms in total. The van der Waals surface area contributed by atoms with Crippen molar-refractivity contribution in [3.05, 3.63) is 69.7 Å². The second-order valence-corrected chi connectivity index (χ2v) is 5.54. The zero-order valence-corrected chi connectivity index (χ0v) is 14.4. The Balaban J connectivity index is 2.47. The smallest absolute Gasteiger partial charge is 0.343 e. The molecule has 0 aromatic heterocycles. The van der Waals surface area contributed by atoms with Gasteiger partial charge in [-0.05, 0) is 37.3 Å². The summed E-state index contributed by atoms with van der Waals surface area (Å²) in [6.07, 6.45) is 1.24. The first-order valence-corrected chi connectivity index (χ1v) is 7.93. The van der Waals surface area contributed by atoms with Crippen molar-refractivity contribution < 1.29 is 14.6 Å². The fourth-order valence-electron chi connectivity index (χ4n) is 1.91. The Morgan fingerprint density at radius 1 is 1.21 bits per heavy atom. The molecule has 0 saturated heterocycles. The molecule has 2 rings (SSSR count). The first-order valence-electron chi connectivity index (χ1n) is 7.17. The summed E-state index contributed by atoms with van der Waals surface area (Å²) >= 11 is 12.0. The number of carbonyl (C=O) groups is 1. The van der Waals surface area contributed by atoms with E-state index >= 15 is 0 Å². The summed E-state index contributed by atoms with van der Waals surface area (Å²) in [6.45, 7) is 1.85. The number of aliphatic hydroxyl groups is 1. The highest BCUT2D eigenvalue weighted by Crippen LogP contribution is 2.25. The predicted molar refractivity (Wildman–Crippen MR) is 97.2 cm³/mol. The van der Waals surface area contributed by atoms with E-state index in [1.54, 1.807) is 55.5 Å². The van der Waals surface area contributed by atoms with Crippen molar-refractivity contribution in [3.8, 4) is 0 Å². The van der Waals surface area contributed by atoms with Gasteiger partial charge >= 0.3 is 5.97 Å². The van der Waals surface area contributed by atoms with Crippen LogP contribution in [0.25, 0.3) is 5.76 Å². The van der Waals surface area contributed by atoms with Crippen LogP contribution in [0.4, 0.5) is 5.69 Å². The number of aliphatic imine (C=N–C) groups is 1. The molecule has 2 aromatic rings. The van der Waals surface area contributed by atoms with Gasteiger partial charge < -0.3 is 9.84 Å². The van der Waals surface area contributed by atoms with Gasteiger partial charge in [0, 0.05) is 16.8 Å². The van der Waals surface area contributed by atoms with Gasteiger partial charge in [-0.15, -0.1) is 0 Å². The molecule has 0 aliphatic carbocycles. The molecule has 0 saturated carbocycles. The van der Waals surface area contributed by atoms with Crippen LogP contribution in [0.2, 0.25) is 10.0 Å². The Labute approximate surface area is 150 Å². The second kappa shape index (κ2) is 8.52. The number of aliphatic hydroxyl groups excluding tert-OH is 1. The summed E-state index contributed by atoms with van der Waals surface area (Å²) in [5.41, 5.74) is 0.765. The lowest BCUT2D eigenvalue weighted by atomic mass is 10.1. The van der Waals surface area contributed by atoms with Crippen LogP contribution in [0.5, 0.6) is 0 Å². The van der Waals surface area contributed by atoms with Crippen LogP contribution in [0, 0.1) is 0 Å². The Kier molecular flexibility index (Phi) is 6.41. The van der Waals surface area contributed by atoms with Gasteiger partial charge in [0.05, 0.1) is 17.3 Å². The van der Waals surface area contributed by atoms with E-state index in [1.165, 1.54) is 6.21 Å². The average Bonchev–Trinajstić information content (AvgIpc) is 2.55. The summed E-state index contributed by atoms with van der Waals surface area (Å²) in [5.74, 6) is -0.995. The lowest BCUT2D eigenvalue weighted by molar-refractivity contribution is -0.137. The minimum Gasteiger partial charge on any atom is -0.506 e. The Morgan fingerprint density at radius 3 is 2.62 bits per heavy atom. The standard InChI is InChI=1S/C18H15Cl2NO3/c1-2-24-18(23)15(11-21-13-7-5-6-12(19)10-13)17(22)14-8-3-4-9-16(14)20/h3-11,22H,2H2,1H3/b17-15+,21-11?. The molecule has 0 fully saturated rings. The second-order valence-electron chi connectivity index (χ2n) is 4.70. The van der Waals surface area contributed by atoms with E-state index in [0.29, 0.717) is 21.3 Å². The van der Waals surface area contributed by atoms with Crippen molar-refractivity contribution in [2.45, 2.75) is 6.92 Å². The van der Waals surface area contributed by atoms with Crippen LogP contribution in [0.3, 0.4) is 0 Å². The highest BCUT2D eigenvalue weighted by molar-refractivity contribution is 6.32. The summed E-state index contributed by atoms with van der Waals surface area (Å²) in [5, 5.41) is 11.3. The molecule has 124 valence electrons. The van der Waals surface area contributed by atoms with E-state index < -0.39 is 5.97 Å². The molecule has 0 atom stereocenters. The topological polar surface area (TPSA) is 58.9 Å². The maximum absolute atomic E-state index is 12.2. The Morgan fingerprint density at radius 2 is 1.96 bits per heavy atom. The lowest BCUT2D eigenvalue weighted by Gasteiger charge is -2.08. The van der Waals surface area contributed by atoms with Crippen LogP contribution in [-0.2, 0) is 9.53 Å². The maximum Gasteiger partial charge on any atom is 0.343 e. The molecule has 0 bridgehead atoms. The number of carbonyl (C=O) groups excluding carboxylic acids is 1. The quantitative estimate of drug-likeness (QED) is 0.342. The normalized spacial score (nSPS) is 12.1. The summed E-state index contributed by atoms with van der Waals surface area (Å²) in [6, 6.07) is 13.4. The zero-order chi connectivity index (χ0) is 17.5. The first kappa shape index (κ1) is 18.0. The van der Waals surface area contributed by atoms with Crippen LogP contribution >= 0.6 is 23.2 Å². The Hall–Kier alpha value is -2.30. The van der Waals surface area contributed by atoms with Gasteiger partial charge in [-0.2, -0.15) is 0 Å². The molecule has 0 heterocycles. The average molecular weight is 364 g/mol. The number of esters is 1. The van der Waals surface area contributed by atoms with E-state index in [2.05, 4.69) is 4.99 Å². The molecule has 0 spiro atoms. The summed E-state index contributed by atoms with van der Waals surface area (Å²) < 4.78 is 4.98. The molecule has 2 aromatic carbocycles. The van der Waals surface area contributed by atoms with Gasteiger partial charge in [0.1, 0.15) is 11.3 Å². The molecule has 0 unspecified atom stereocenters. The van der Waals surface area contributed by atoms with Gasteiger partial charge in [0.25, 0.3) is 0 Å². The molecule has 1 N–H and O–H groups in total. The van der Waals surface area contributed by atoms with E-state index in [-0.39, 0.29) is 17.9 Å². The highest BCUT2D eigenvalue weighted by Gasteiger charge is 2.17. The van der Waals surface area contributed by atoms with Crippen molar-refractivity contribution in [2.24, 2.45) is 4.99 Å². The molecule has 0 aliphatic heterocycles. The number of ether oxygens (including phenoxy) is 1. The lowest BCUT2D eigenvalue weighted by Crippen LogP contribution is -2.11. The van der Waals surface area contributed by atoms with Crippen LogP contribution in [0.15, 0.2) is 59.1 Å². The molecule has 24 heavy (non-hydrogen) atoms. The number of halogens is 2. The van der Waals surface area contributed by atoms with E-state index in [9.17, 15) is 9.90 Å². The maximum atomic E-state index is 12.2. The molecule has 6 heteroatoms. The molecule has 0 radical (unpaired) electrons. The number of hydrogen-bond acceptors (Lipinski definition) is 4. The first-order chi connectivity index (χ1) is 11.5. The largest absolute Gasteiger partial charge is 0.506 e. The SMILES string of the molecule is CCOC(=O)/C(C=Nc1cccc(Cl)c1)=C(/O)c1ccccc1Cl. The van der Waals surface area contributed by atoms with Gasteiger partial charge in [0.15, 0.2) is 0 Å². The van der Waals surface area contributed by atoms with Crippen molar-refractivity contribution >= 4 is 46.8 Å². The van der Waals surface area contributed by atoms with Crippen molar-refractivity contribution in [3.63, 3.8) is 0 Å². The molecule has 0 amide bonds. The number of rotatable bonds is 5. The van der Waals surface area contributed by atoms with Crippen LogP contribution in [-0.4, -0.2) is 23.9 Å². The van der Waals surface area contributed by atoms with E-state index in [0.717, 1.165) is 0 Å². The summed E-state index contributed by atoms with van der Waals surface area (Å²) in [4.78, 5) is 16.3. The number of benzene rings is 2. The van der Waals surface area contributed by atoms with Gasteiger partial charge in [-0.1, -0.05) is 41.4 Å². The number of nitrogens with zero attached hydrogens (tertiary/aromatic N) is 1. The van der Waals surface area contributed by atoms with Crippen LogP contribution < -0.4 is 0 Å². The van der Waals surface area contributed by atoms with Crippen LogP contribution in [0.1, 0.15) is 12.5 Å². The third-order valence-corrected chi connectivity index (χ3v) is 3.60.